The molecule has 0 saturated carbocycles. The second-order valence-electron chi connectivity index (χ2n) is 2.95. The summed E-state index contributed by atoms with van der Waals surface area (Å²) in [6.07, 6.45) is 4.18. The van der Waals surface area contributed by atoms with Crippen LogP contribution in [0.3, 0.4) is 0 Å². The number of rotatable bonds is 5. The standard InChI is InChI=1S/C10H14N2O/c1-9-4-6-12-10(8-9)11-5-2-3-7-13/h4,6-8H,2-3,5H2,1H3,(H,11,12). The topological polar surface area (TPSA) is 42.0 Å². The number of hydrogen-bond donors (Lipinski definition) is 1. The zero-order valence-electron chi connectivity index (χ0n) is 7.79. The Morgan fingerprint density at radius 2 is 2.46 bits per heavy atom. The Morgan fingerprint density at radius 1 is 1.62 bits per heavy atom. The van der Waals surface area contributed by atoms with Gasteiger partial charge in [0.15, 0.2) is 0 Å². The van der Waals surface area contributed by atoms with E-state index in [0.29, 0.717) is 6.42 Å². The zero-order valence-corrected chi connectivity index (χ0v) is 7.79. The summed E-state index contributed by atoms with van der Waals surface area (Å²) in [5.74, 6) is 0.880. The molecule has 0 aliphatic heterocycles. The molecule has 1 aromatic rings. The van der Waals surface area contributed by atoms with E-state index in [9.17, 15) is 4.79 Å². The van der Waals surface area contributed by atoms with Crippen molar-refractivity contribution in [2.45, 2.75) is 19.8 Å². The molecule has 0 unspecified atom stereocenters. The van der Waals surface area contributed by atoms with Crippen LogP contribution in [0.5, 0.6) is 0 Å². The molecule has 3 nitrogen and oxygen atoms in total. The maximum atomic E-state index is 10.0. The molecule has 1 rings (SSSR count). The Bertz CT molecular complexity index is 273. The van der Waals surface area contributed by atoms with E-state index in [2.05, 4.69) is 10.3 Å². The van der Waals surface area contributed by atoms with Crippen LogP contribution in [0.2, 0.25) is 0 Å². The predicted octanol–water partition coefficient (Wildman–Crippen LogP) is 1.78. The molecular weight excluding hydrogens is 164 g/mol. The summed E-state index contributed by atoms with van der Waals surface area (Å²) in [4.78, 5) is 14.2. The molecule has 0 atom stereocenters. The molecule has 0 aromatic carbocycles. The SMILES string of the molecule is Cc1ccnc(NCCCC=O)c1. The van der Waals surface area contributed by atoms with Gasteiger partial charge in [-0.2, -0.15) is 0 Å². The van der Waals surface area contributed by atoms with Crippen LogP contribution in [0.4, 0.5) is 5.82 Å². The first-order chi connectivity index (χ1) is 6.33. The first-order valence-corrected chi connectivity index (χ1v) is 4.43. The van der Waals surface area contributed by atoms with Crippen LogP contribution in [0.25, 0.3) is 0 Å². The predicted molar refractivity (Wildman–Crippen MR) is 52.8 cm³/mol. The van der Waals surface area contributed by atoms with Crippen LogP contribution >= 0.6 is 0 Å². The van der Waals surface area contributed by atoms with Crippen molar-refractivity contribution >= 4 is 12.1 Å². The van der Waals surface area contributed by atoms with Crippen LogP contribution in [0.15, 0.2) is 18.3 Å². The average molecular weight is 178 g/mol. The van der Waals surface area contributed by atoms with Crippen molar-refractivity contribution in [2.24, 2.45) is 0 Å². The summed E-state index contributed by atoms with van der Waals surface area (Å²) < 4.78 is 0. The summed E-state index contributed by atoms with van der Waals surface area (Å²) >= 11 is 0. The van der Waals surface area contributed by atoms with E-state index in [1.165, 1.54) is 5.56 Å². The van der Waals surface area contributed by atoms with Crippen molar-refractivity contribution in [3.63, 3.8) is 0 Å². The lowest BCUT2D eigenvalue weighted by molar-refractivity contribution is -0.107. The minimum Gasteiger partial charge on any atom is -0.370 e. The molecule has 0 saturated heterocycles. The van der Waals surface area contributed by atoms with Crippen molar-refractivity contribution in [1.82, 2.24) is 4.98 Å². The maximum absolute atomic E-state index is 10.0. The van der Waals surface area contributed by atoms with Gasteiger partial charge in [-0.1, -0.05) is 0 Å². The molecule has 0 radical (unpaired) electrons. The molecule has 13 heavy (non-hydrogen) atoms. The summed E-state index contributed by atoms with van der Waals surface area (Å²) in [6, 6.07) is 3.94. The largest absolute Gasteiger partial charge is 0.370 e. The van der Waals surface area contributed by atoms with Crippen molar-refractivity contribution in [3.05, 3.63) is 23.9 Å². The quantitative estimate of drug-likeness (QED) is 0.552. The van der Waals surface area contributed by atoms with Gasteiger partial charge in [0.25, 0.3) is 0 Å². The minimum atomic E-state index is 0.610. The normalized spacial score (nSPS) is 9.62. The number of carbonyl (C=O) groups is 1. The fourth-order valence-electron chi connectivity index (χ4n) is 1.03. The van der Waals surface area contributed by atoms with Gasteiger partial charge in [-0.25, -0.2) is 4.98 Å². The highest BCUT2D eigenvalue weighted by Gasteiger charge is 1.92. The molecular formula is C10H14N2O. The lowest BCUT2D eigenvalue weighted by Gasteiger charge is -2.03. The third-order valence-electron chi connectivity index (χ3n) is 1.72. The number of nitrogens with one attached hydrogen (secondary N) is 1. The van der Waals surface area contributed by atoms with Crippen LogP contribution < -0.4 is 5.32 Å². The smallest absolute Gasteiger partial charge is 0.126 e. The van der Waals surface area contributed by atoms with E-state index in [1.807, 2.05) is 19.1 Å². The van der Waals surface area contributed by atoms with Gasteiger partial charge in [0.05, 0.1) is 0 Å². The van der Waals surface area contributed by atoms with E-state index < -0.39 is 0 Å². The van der Waals surface area contributed by atoms with Crippen LogP contribution in [-0.4, -0.2) is 17.8 Å². The average Bonchev–Trinajstić information content (AvgIpc) is 2.13. The zero-order chi connectivity index (χ0) is 9.52. The molecule has 3 heteroatoms. The second kappa shape index (κ2) is 5.30. The highest BCUT2D eigenvalue weighted by Crippen LogP contribution is 2.04. The molecule has 0 amide bonds. The van der Waals surface area contributed by atoms with Crippen molar-refractivity contribution in [1.29, 1.82) is 0 Å². The number of aryl methyl sites for hydroxylation is 1. The van der Waals surface area contributed by atoms with Crippen molar-refractivity contribution in [3.8, 4) is 0 Å². The lowest BCUT2D eigenvalue weighted by Crippen LogP contribution is -2.03. The molecule has 0 aliphatic carbocycles. The summed E-state index contributed by atoms with van der Waals surface area (Å²) in [6.45, 7) is 2.83. The van der Waals surface area contributed by atoms with Crippen LogP contribution in [0.1, 0.15) is 18.4 Å². The van der Waals surface area contributed by atoms with E-state index in [4.69, 9.17) is 0 Å². The highest BCUT2D eigenvalue weighted by atomic mass is 16.1. The summed E-state index contributed by atoms with van der Waals surface area (Å²) in [5.41, 5.74) is 1.19. The lowest BCUT2D eigenvalue weighted by atomic mass is 10.3. The van der Waals surface area contributed by atoms with Crippen LogP contribution in [0, 0.1) is 6.92 Å². The van der Waals surface area contributed by atoms with Crippen molar-refractivity contribution in [2.75, 3.05) is 11.9 Å². The number of hydrogen-bond acceptors (Lipinski definition) is 3. The Morgan fingerprint density at radius 3 is 3.15 bits per heavy atom. The Kier molecular flexibility index (Phi) is 3.96. The molecule has 0 bridgehead atoms. The number of carbonyl (C=O) groups excluding carboxylic acids is 1. The molecule has 0 fully saturated rings. The van der Waals surface area contributed by atoms with E-state index in [0.717, 1.165) is 25.1 Å². The Hall–Kier alpha value is -1.38. The first-order valence-electron chi connectivity index (χ1n) is 4.43. The fraction of sp³-hybridized carbons (Fsp3) is 0.400. The Labute approximate surface area is 78.2 Å². The monoisotopic (exact) mass is 178 g/mol. The minimum absolute atomic E-state index is 0.610. The summed E-state index contributed by atoms with van der Waals surface area (Å²) in [5, 5.41) is 3.15. The van der Waals surface area contributed by atoms with Gasteiger partial charge in [0.1, 0.15) is 12.1 Å². The molecule has 0 aliphatic rings. The summed E-state index contributed by atoms with van der Waals surface area (Å²) in [7, 11) is 0. The van der Waals surface area contributed by atoms with Gasteiger partial charge in [-0.3, -0.25) is 0 Å². The second-order valence-corrected chi connectivity index (χ2v) is 2.95. The van der Waals surface area contributed by atoms with Gasteiger partial charge in [0.2, 0.25) is 0 Å². The Balaban J connectivity index is 2.32. The van der Waals surface area contributed by atoms with Gasteiger partial charge < -0.3 is 10.1 Å². The van der Waals surface area contributed by atoms with E-state index in [-0.39, 0.29) is 0 Å². The number of anilines is 1. The van der Waals surface area contributed by atoms with Crippen molar-refractivity contribution < 1.29 is 4.79 Å². The third kappa shape index (κ3) is 3.69. The third-order valence-corrected chi connectivity index (χ3v) is 1.72. The van der Waals surface area contributed by atoms with E-state index >= 15 is 0 Å². The maximum Gasteiger partial charge on any atom is 0.126 e. The van der Waals surface area contributed by atoms with Gasteiger partial charge in [-0.05, 0) is 31.0 Å². The van der Waals surface area contributed by atoms with Crippen LogP contribution in [-0.2, 0) is 4.79 Å². The molecule has 1 heterocycles. The number of aromatic nitrogens is 1. The number of nitrogens with zero attached hydrogens (tertiary/aromatic N) is 1. The first kappa shape index (κ1) is 9.71. The number of pyridine rings is 1. The number of aldehydes is 1. The molecule has 0 spiro atoms. The molecule has 1 aromatic heterocycles. The molecule has 70 valence electrons. The highest BCUT2D eigenvalue weighted by molar-refractivity contribution is 5.49. The van der Waals surface area contributed by atoms with E-state index in [1.54, 1.807) is 6.20 Å². The fourth-order valence-corrected chi connectivity index (χ4v) is 1.03. The molecule has 1 N–H and O–H groups in total. The van der Waals surface area contributed by atoms with Gasteiger partial charge in [0, 0.05) is 19.2 Å². The van der Waals surface area contributed by atoms with Gasteiger partial charge >= 0.3 is 0 Å². The van der Waals surface area contributed by atoms with Gasteiger partial charge in [-0.15, -0.1) is 0 Å². The number of unbranched alkanes of at least 4 members (excludes halogenated alkanes) is 1.